The quantitative estimate of drug-likeness (QED) is 0.0547. The van der Waals surface area contributed by atoms with Crippen molar-refractivity contribution in [3.05, 3.63) is 251 Å². The number of ether oxygens (including phenoxy) is 2. The largest absolute Gasteiger partial charge is 0.452 e. The van der Waals surface area contributed by atoms with Gasteiger partial charge in [-0.05, 0) is 38.9 Å². The van der Waals surface area contributed by atoms with E-state index < -0.39 is 53.1 Å². The van der Waals surface area contributed by atoms with Gasteiger partial charge in [-0.1, -0.05) is 212 Å². The Bertz CT molecular complexity index is 2160. The number of primary amides is 1. The van der Waals surface area contributed by atoms with Crippen LogP contribution in [0.2, 0.25) is 0 Å². The number of hydrogen-bond acceptors (Lipinski definition) is 7. The van der Waals surface area contributed by atoms with Crippen LogP contribution in [0.4, 0.5) is 0 Å². The van der Waals surface area contributed by atoms with Crippen LogP contribution >= 0.6 is 0 Å². The van der Waals surface area contributed by atoms with E-state index in [-0.39, 0.29) is 0 Å². The second kappa shape index (κ2) is 18.0. The van der Waals surface area contributed by atoms with Crippen molar-refractivity contribution in [2.75, 3.05) is 0 Å². The molecule has 294 valence electrons. The molecule has 0 aliphatic rings. The van der Waals surface area contributed by atoms with Gasteiger partial charge in [0.1, 0.15) is 6.10 Å². The molecule has 59 heavy (non-hydrogen) atoms. The first-order valence-electron chi connectivity index (χ1n) is 19.2. The van der Waals surface area contributed by atoms with Crippen molar-refractivity contribution in [3.63, 3.8) is 0 Å². The zero-order valence-electron chi connectivity index (χ0n) is 32.0. The van der Waals surface area contributed by atoms with Crippen molar-refractivity contribution in [2.24, 2.45) is 11.1 Å². The molecule has 7 rings (SSSR count). The molecule has 0 heterocycles. The summed E-state index contributed by atoms with van der Waals surface area (Å²) in [6.07, 6.45) is -7.37. The van der Waals surface area contributed by atoms with Crippen LogP contribution in [-0.2, 0) is 29.3 Å². The summed E-state index contributed by atoms with van der Waals surface area (Å²) in [7, 11) is 0. The lowest BCUT2D eigenvalue weighted by Crippen LogP contribution is -2.67. The Kier molecular flexibility index (Phi) is 12.2. The van der Waals surface area contributed by atoms with Gasteiger partial charge in [-0.15, -0.1) is 0 Å². The van der Waals surface area contributed by atoms with Gasteiger partial charge in [-0.25, -0.2) is 0 Å². The number of esters is 2. The number of carbonyl (C=O) groups is 3. The summed E-state index contributed by atoms with van der Waals surface area (Å²) in [5, 5.41) is 26.2. The van der Waals surface area contributed by atoms with Crippen LogP contribution in [0.25, 0.3) is 0 Å². The molecule has 0 bridgehead atoms. The Morgan fingerprint density at radius 1 is 0.407 bits per heavy atom. The van der Waals surface area contributed by atoms with Crippen molar-refractivity contribution in [3.8, 4) is 0 Å². The second-order valence-corrected chi connectivity index (χ2v) is 14.2. The van der Waals surface area contributed by atoms with Crippen LogP contribution in [0.1, 0.15) is 51.2 Å². The summed E-state index contributed by atoms with van der Waals surface area (Å²) < 4.78 is 12.9. The van der Waals surface area contributed by atoms with Gasteiger partial charge in [0, 0.05) is 0 Å². The van der Waals surface area contributed by atoms with Crippen LogP contribution in [-0.4, -0.2) is 40.3 Å². The molecule has 0 spiro atoms. The fourth-order valence-electron chi connectivity index (χ4n) is 7.90. The highest BCUT2D eigenvalue weighted by molar-refractivity contribution is 6.07. The zero-order valence-corrected chi connectivity index (χ0v) is 32.0. The monoisotopic (exact) mass is 781 g/mol. The van der Waals surface area contributed by atoms with Crippen LogP contribution in [0.15, 0.2) is 212 Å². The highest BCUT2D eigenvalue weighted by Crippen LogP contribution is 2.51. The van der Waals surface area contributed by atoms with E-state index in [2.05, 4.69) is 0 Å². The van der Waals surface area contributed by atoms with Crippen molar-refractivity contribution in [1.82, 2.24) is 0 Å². The number of aliphatic hydroxyl groups is 2. The van der Waals surface area contributed by atoms with Crippen molar-refractivity contribution in [1.29, 1.82) is 0 Å². The topological polar surface area (TPSA) is 136 Å². The van der Waals surface area contributed by atoms with Gasteiger partial charge in [-0.3, -0.25) is 14.4 Å². The van der Waals surface area contributed by atoms with Crippen molar-refractivity contribution < 1.29 is 34.1 Å². The van der Waals surface area contributed by atoms with E-state index in [1.165, 1.54) is 0 Å². The Balaban J connectivity index is 1.55. The number of aliphatic hydroxyl groups excluding tert-OH is 2. The predicted octanol–water partition coefficient (Wildman–Crippen LogP) is 7.88. The van der Waals surface area contributed by atoms with E-state index in [1.54, 1.807) is 212 Å². The third-order valence-corrected chi connectivity index (χ3v) is 10.8. The molecule has 7 aromatic carbocycles. The van der Waals surface area contributed by atoms with Gasteiger partial charge >= 0.3 is 11.9 Å². The number of amides is 1. The van der Waals surface area contributed by atoms with Crippen molar-refractivity contribution in [2.45, 2.75) is 29.8 Å². The number of carbonyl (C=O) groups excluding carboxylic acids is 3. The van der Waals surface area contributed by atoms with Gasteiger partial charge in [0.25, 0.3) is 0 Å². The van der Waals surface area contributed by atoms with E-state index in [0.29, 0.717) is 38.9 Å². The normalized spacial score (nSPS) is 12.7. The smallest absolute Gasteiger partial charge is 0.330 e. The van der Waals surface area contributed by atoms with E-state index in [1.807, 2.05) is 0 Å². The molecule has 0 aliphatic carbocycles. The van der Waals surface area contributed by atoms with E-state index in [4.69, 9.17) is 15.2 Å². The Morgan fingerprint density at radius 3 is 0.881 bits per heavy atom. The average molecular weight is 782 g/mol. The second-order valence-electron chi connectivity index (χ2n) is 14.2. The van der Waals surface area contributed by atoms with Crippen molar-refractivity contribution >= 4 is 17.8 Å². The number of nitrogens with two attached hydrogens (primary N) is 1. The van der Waals surface area contributed by atoms with E-state index in [0.717, 1.165) is 0 Å². The molecule has 0 radical (unpaired) electrons. The third-order valence-electron chi connectivity index (χ3n) is 10.8. The molecule has 8 nitrogen and oxygen atoms in total. The van der Waals surface area contributed by atoms with Gasteiger partial charge in [0.15, 0.2) is 18.3 Å². The molecule has 8 heteroatoms. The Labute approximate surface area is 343 Å². The summed E-state index contributed by atoms with van der Waals surface area (Å²) in [4.78, 5) is 45.3. The molecule has 0 saturated carbocycles. The average Bonchev–Trinajstić information content (AvgIpc) is 3.30. The lowest BCUT2D eigenvalue weighted by atomic mass is 9.57. The predicted molar refractivity (Wildman–Crippen MR) is 224 cm³/mol. The van der Waals surface area contributed by atoms with Crippen LogP contribution in [0, 0.1) is 5.41 Å². The number of hydrogen-bond donors (Lipinski definition) is 3. The van der Waals surface area contributed by atoms with E-state index in [9.17, 15) is 15.0 Å². The molecular weight excluding hydrogens is 739 g/mol. The molecule has 0 aliphatic heterocycles. The standard InChI is InChI=1S/C51H43NO7/c52-46(54)45(53)51(48(56)58-43(36-22-8-1-9-23-36)37-24-10-2-11-25-37,49(57)59-44(38-26-12-3-13-27-38)39-28-14-4-15-29-39)47(55)50(40-30-16-5-17-31-40,41-32-18-6-19-33-41)42-34-20-7-21-35-42/h1-35,43-45,47,53,55H,(H2,52,54). The maximum Gasteiger partial charge on any atom is 0.330 e. The van der Waals surface area contributed by atoms with Gasteiger partial charge in [-0.2, -0.15) is 0 Å². The molecular formula is C51H43NO7. The first-order chi connectivity index (χ1) is 28.8. The van der Waals surface area contributed by atoms with Crippen LogP contribution in [0.5, 0.6) is 0 Å². The summed E-state index contributed by atoms with van der Waals surface area (Å²) in [5.74, 6) is -4.34. The van der Waals surface area contributed by atoms with Crippen LogP contribution < -0.4 is 5.73 Å². The van der Waals surface area contributed by atoms with Gasteiger partial charge in [0.05, 0.1) is 5.41 Å². The fourth-order valence-corrected chi connectivity index (χ4v) is 7.90. The van der Waals surface area contributed by atoms with E-state index >= 15 is 9.59 Å². The molecule has 1 amide bonds. The Morgan fingerprint density at radius 2 is 0.644 bits per heavy atom. The molecule has 2 unspecified atom stereocenters. The van der Waals surface area contributed by atoms with Crippen LogP contribution in [0.3, 0.4) is 0 Å². The Hall–Kier alpha value is -7.13. The molecule has 0 saturated heterocycles. The maximum atomic E-state index is 15.8. The number of rotatable bonds is 15. The molecule has 4 N–H and O–H groups in total. The highest BCUT2D eigenvalue weighted by Gasteiger charge is 2.69. The lowest BCUT2D eigenvalue weighted by molar-refractivity contribution is -0.203. The minimum absolute atomic E-state index is 0.428. The SMILES string of the molecule is NC(=O)C(O)C(C(=O)OC(c1ccccc1)c1ccccc1)(C(=O)OC(c1ccccc1)c1ccccc1)C(O)C(c1ccccc1)(c1ccccc1)c1ccccc1. The van der Waals surface area contributed by atoms with Gasteiger partial charge < -0.3 is 25.4 Å². The maximum absolute atomic E-state index is 15.8. The molecule has 0 aromatic heterocycles. The minimum atomic E-state index is -3.25. The molecule has 2 atom stereocenters. The summed E-state index contributed by atoms with van der Waals surface area (Å²) in [5.41, 5.74) is 4.23. The lowest BCUT2D eigenvalue weighted by Gasteiger charge is -2.48. The summed E-state index contributed by atoms with van der Waals surface area (Å²) >= 11 is 0. The summed E-state index contributed by atoms with van der Waals surface area (Å²) in [6.45, 7) is 0. The number of benzene rings is 7. The first-order valence-corrected chi connectivity index (χ1v) is 19.2. The third kappa shape index (κ3) is 7.79. The minimum Gasteiger partial charge on any atom is -0.452 e. The first kappa shape index (κ1) is 40.1. The molecule has 7 aromatic rings. The molecule has 0 fully saturated rings. The zero-order chi connectivity index (χ0) is 41.2. The highest BCUT2D eigenvalue weighted by atomic mass is 16.6. The fraction of sp³-hybridized carbons (Fsp3) is 0.118. The summed E-state index contributed by atoms with van der Waals surface area (Å²) in [6, 6.07) is 61.7. The van der Waals surface area contributed by atoms with Gasteiger partial charge in [0.2, 0.25) is 11.3 Å².